The molecule has 1 aliphatic carbocycles. The van der Waals surface area contributed by atoms with Gasteiger partial charge in [-0.2, -0.15) is 0 Å². The molecule has 0 spiro atoms. The van der Waals surface area contributed by atoms with Crippen LogP contribution in [0.4, 0.5) is 0 Å². The van der Waals surface area contributed by atoms with Crippen LogP contribution < -0.4 is 0 Å². The molecule has 1 rings (SSSR count). The van der Waals surface area contributed by atoms with Crippen LogP contribution in [-0.4, -0.2) is 77.9 Å². The van der Waals surface area contributed by atoms with Gasteiger partial charge in [-0.15, -0.1) is 0 Å². The number of ether oxygens (including phenoxy) is 4. The summed E-state index contributed by atoms with van der Waals surface area (Å²) in [5.41, 5.74) is 0. The lowest BCUT2D eigenvalue weighted by Gasteiger charge is -2.34. The van der Waals surface area contributed by atoms with E-state index in [2.05, 4.69) is 4.90 Å². The summed E-state index contributed by atoms with van der Waals surface area (Å²) in [7, 11) is 3.41. The molecule has 0 aromatic heterocycles. The minimum absolute atomic E-state index is 0.670. The van der Waals surface area contributed by atoms with Crippen LogP contribution in [0.15, 0.2) is 0 Å². The van der Waals surface area contributed by atoms with Crippen molar-refractivity contribution in [1.82, 2.24) is 4.90 Å². The number of rotatable bonds is 13. The number of nitrogens with zero attached hydrogens (tertiary/aromatic N) is 1. The summed E-state index contributed by atoms with van der Waals surface area (Å²) in [5.74, 6) is 0. The number of methoxy groups -OCH3 is 2. The first-order valence-electron chi connectivity index (χ1n) is 8.26. The molecule has 0 atom stereocenters. The third-order valence-corrected chi connectivity index (χ3v) is 4.00. The van der Waals surface area contributed by atoms with Gasteiger partial charge in [0.25, 0.3) is 0 Å². The lowest BCUT2D eigenvalue weighted by atomic mass is 9.94. The fraction of sp³-hybridized carbons (Fsp3) is 1.00. The van der Waals surface area contributed by atoms with Gasteiger partial charge in [0, 0.05) is 33.4 Å². The van der Waals surface area contributed by atoms with Crippen LogP contribution in [0.3, 0.4) is 0 Å². The molecule has 5 heteroatoms. The molecule has 0 aliphatic heterocycles. The summed E-state index contributed by atoms with van der Waals surface area (Å²) < 4.78 is 21.2. The summed E-state index contributed by atoms with van der Waals surface area (Å²) in [6, 6.07) is 0.704. The summed E-state index contributed by atoms with van der Waals surface area (Å²) in [4.78, 5) is 2.54. The van der Waals surface area contributed by atoms with Gasteiger partial charge < -0.3 is 18.9 Å². The molecule has 5 nitrogen and oxygen atoms in total. The Labute approximate surface area is 129 Å². The van der Waals surface area contributed by atoms with Gasteiger partial charge in [-0.1, -0.05) is 19.3 Å². The Morgan fingerprint density at radius 2 is 1.24 bits per heavy atom. The fourth-order valence-electron chi connectivity index (χ4n) is 2.78. The van der Waals surface area contributed by atoms with Gasteiger partial charge in [0.15, 0.2) is 0 Å². The van der Waals surface area contributed by atoms with Gasteiger partial charge in [0.05, 0.1) is 39.6 Å². The first-order chi connectivity index (χ1) is 10.4. The van der Waals surface area contributed by atoms with Crippen molar-refractivity contribution >= 4 is 0 Å². The van der Waals surface area contributed by atoms with E-state index in [1.807, 2.05) is 0 Å². The average molecular weight is 303 g/mol. The summed E-state index contributed by atoms with van der Waals surface area (Å²) >= 11 is 0. The molecule has 126 valence electrons. The minimum Gasteiger partial charge on any atom is -0.382 e. The Hall–Kier alpha value is -0.200. The second kappa shape index (κ2) is 13.5. The van der Waals surface area contributed by atoms with E-state index in [1.165, 1.54) is 32.1 Å². The second-order valence-corrected chi connectivity index (χ2v) is 5.54. The van der Waals surface area contributed by atoms with E-state index in [-0.39, 0.29) is 0 Å². The van der Waals surface area contributed by atoms with Crippen molar-refractivity contribution in [2.75, 3.05) is 67.0 Å². The molecular weight excluding hydrogens is 270 g/mol. The van der Waals surface area contributed by atoms with Crippen LogP contribution in [0.2, 0.25) is 0 Å². The predicted octanol–water partition coefficient (Wildman–Crippen LogP) is 1.95. The molecule has 1 fully saturated rings. The minimum atomic E-state index is 0.670. The van der Waals surface area contributed by atoms with E-state index in [0.29, 0.717) is 32.5 Å². The van der Waals surface area contributed by atoms with Crippen molar-refractivity contribution in [3.63, 3.8) is 0 Å². The highest BCUT2D eigenvalue weighted by molar-refractivity contribution is 4.75. The molecule has 0 bridgehead atoms. The molecule has 1 saturated carbocycles. The SMILES string of the molecule is COCCOCCN(CCOCCOC)C1CCCCC1. The Bertz CT molecular complexity index is 208. The van der Waals surface area contributed by atoms with Crippen LogP contribution in [0.5, 0.6) is 0 Å². The van der Waals surface area contributed by atoms with Crippen molar-refractivity contribution in [3.8, 4) is 0 Å². The molecule has 0 aromatic rings. The zero-order valence-electron chi connectivity index (χ0n) is 13.8. The van der Waals surface area contributed by atoms with Gasteiger partial charge in [-0.05, 0) is 12.8 Å². The second-order valence-electron chi connectivity index (χ2n) is 5.54. The Morgan fingerprint density at radius 3 is 1.71 bits per heavy atom. The van der Waals surface area contributed by atoms with Crippen molar-refractivity contribution in [3.05, 3.63) is 0 Å². The van der Waals surface area contributed by atoms with Crippen LogP contribution in [0, 0.1) is 0 Å². The third kappa shape index (κ3) is 9.42. The zero-order chi connectivity index (χ0) is 15.2. The molecule has 0 radical (unpaired) electrons. The van der Waals surface area contributed by atoms with E-state index in [9.17, 15) is 0 Å². The molecule has 0 aromatic carbocycles. The van der Waals surface area contributed by atoms with Crippen molar-refractivity contribution < 1.29 is 18.9 Å². The maximum absolute atomic E-state index is 5.61. The van der Waals surface area contributed by atoms with Crippen molar-refractivity contribution in [1.29, 1.82) is 0 Å². The molecule has 1 aliphatic rings. The fourth-order valence-corrected chi connectivity index (χ4v) is 2.78. The van der Waals surface area contributed by atoms with Crippen molar-refractivity contribution in [2.45, 2.75) is 38.1 Å². The van der Waals surface area contributed by atoms with Gasteiger partial charge in [-0.3, -0.25) is 4.90 Å². The van der Waals surface area contributed by atoms with E-state index < -0.39 is 0 Å². The smallest absolute Gasteiger partial charge is 0.0700 e. The quantitative estimate of drug-likeness (QED) is 0.486. The molecule has 0 N–H and O–H groups in total. The molecule has 0 unspecified atom stereocenters. The molecule has 0 amide bonds. The van der Waals surface area contributed by atoms with E-state index in [0.717, 1.165) is 26.3 Å². The monoisotopic (exact) mass is 303 g/mol. The number of hydrogen-bond donors (Lipinski definition) is 0. The van der Waals surface area contributed by atoms with Gasteiger partial charge in [-0.25, -0.2) is 0 Å². The van der Waals surface area contributed by atoms with Gasteiger partial charge in [0.1, 0.15) is 0 Å². The van der Waals surface area contributed by atoms with Gasteiger partial charge in [0.2, 0.25) is 0 Å². The third-order valence-electron chi connectivity index (χ3n) is 4.00. The van der Waals surface area contributed by atoms with E-state index in [4.69, 9.17) is 18.9 Å². The first-order valence-corrected chi connectivity index (χ1v) is 8.26. The Kier molecular flexibility index (Phi) is 12.1. The molecule has 0 heterocycles. The Balaban J connectivity index is 2.20. The largest absolute Gasteiger partial charge is 0.382 e. The standard InChI is InChI=1S/C16H33NO4/c1-18-12-14-20-10-8-17(9-11-21-15-13-19-2)16-6-4-3-5-7-16/h16H,3-15H2,1-2H3. The first kappa shape index (κ1) is 18.8. The van der Waals surface area contributed by atoms with E-state index >= 15 is 0 Å². The lowest BCUT2D eigenvalue weighted by Crippen LogP contribution is -2.41. The Morgan fingerprint density at radius 1 is 0.714 bits per heavy atom. The summed E-state index contributed by atoms with van der Waals surface area (Å²) in [6.07, 6.45) is 6.73. The summed E-state index contributed by atoms with van der Waals surface area (Å²) in [6.45, 7) is 6.23. The highest BCUT2D eigenvalue weighted by Gasteiger charge is 2.20. The van der Waals surface area contributed by atoms with E-state index in [1.54, 1.807) is 14.2 Å². The summed E-state index contributed by atoms with van der Waals surface area (Å²) in [5, 5.41) is 0. The molecule has 21 heavy (non-hydrogen) atoms. The number of hydrogen-bond acceptors (Lipinski definition) is 5. The average Bonchev–Trinajstić information content (AvgIpc) is 2.53. The van der Waals surface area contributed by atoms with Gasteiger partial charge >= 0.3 is 0 Å². The zero-order valence-corrected chi connectivity index (χ0v) is 13.8. The van der Waals surface area contributed by atoms with Crippen LogP contribution >= 0.6 is 0 Å². The molecule has 0 saturated heterocycles. The van der Waals surface area contributed by atoms with Crippen LogP contribution in [-0.2, 0) is 18.9 Å². The highest BCUT2D eigenvalue weighted by atomic mass is 16.5. The maximum Gasteiger partial charge on any atom is 0.0700 e. The highest BCUT2D eigenvalue weighted by Crippen LogP contribution is 2.22. The van der Waals surface area contributed by atoms with Crippen LogP contribution in [0.1, 0.15) is 32.1 Å². The predicted molar refractivity (Wildman–Crippen MR) is 83.8 cm³/mol. The lowest BCUT2D eigenvalue weighted by molar-refractivity contribution is 0.0222. The topological polar surface area (TPSA) is 40.2 Å². The maximum atomic E-state index is 5.61. The van der Waals surface area contributed by atoms with Crippen LogP contribution in [0.25, 0.3) is 0 Å². The molecular formula is C16H33NO4. The normalized spacial score (nSPS) is 16.7. The van der Waals surface area contributed by atoms with Crippen molar-refractivity contribution in [2.24, 2.45) is 0 Å².